The van der Waals surface area contributed by atoms with Gasteiger partial charge in [0.1, 0.15) is 0 Å². The summed E-state index contributed by atoms with van der Waals surface area (Å²) in [5.41, 5.74) is 7.22. The number of likely N-dealkylation sites (N-methyl/N-ethyl adjacent to an activating group) is 1. The molecule has 0 heterocycles. The molecule has 1 atom stereocenters. The normalized spacial score (nSPS) is 15.5. The van der Waals surface area contributed by atoms with Gasteiger partial charge < -0.3 is 5.32 Å². The van der Waals surface area contributed by atoms with Crippen LogP contribution < -0.4 is 5.32 Å². The summed E-state index contributed by atoms with van der Waals surface area (Å²) in [5.74, 6) is 0. The molecular formula is C20H25N. The zero-order chi connectivity index (χ0) is 14.7. The smallest absolute Gasteiger partial charge is 0.00761 e. The SMILES string of the molecule is CNC(C)Cc1ccc(-c2ccc3c(c2)CCCC3)cc1. The van der Waals surface area contributed by atoms with Gasteiger partial charge in [-0.1, -0.05) is 42.5 Å². The standard InChI is InChI=1S/C20H25N/c1-15(21-2)13-16-7-9-18(10-8-16)20-12-11-17-5-3-4-6-19(17)14-20/h7-12,14-15,21H,3-6,13H2,1-2H3. The first-order chi connectivity index (χ1) is 10.3. The van der Waals surface area contributed by atoms with Gasteiger partial charge in [-0.15, -0.1) is 0 Å². The fourth-order valence-electron chi connectivity index (χ4n) is 3.20. The monoisotopic (exact) mass is 279 g/mol. The van der Waals surface area contributed by atoms with Gasteiger partial charge in [-0.05, 0) is 73.9 Å². The highest BCUT2D eigenvalue weighted by molar-refractivity contribution is 5.65. The van der Waals surface area contributed by atoms with E-state index in [-0.39, 0.29) is 0 Å². The minimum Gasteiger partial charge on any atom is -0.317 e. The summed E-state index contributed by atoms with van der Waals surface area (Å²) >= 11 is 0. The van der Waals surface area contributed by atoms with E-state index in [9.17, 15) is 0 Å². The van der Waals surface area contributed by atoms with E-state index in [1.165, 1.54) is 42.4 Å². The van der Waals surface area contributed by atoms with Crippen LogP contribution in [0.3, 0.4) is 0 Å². The van der Waals surface area contributed by atoms with Gasteiger partial charge in [0.05, 0.1) is 0 Å². The molecule has 0 radical (unpaired) electrons. The van der Waals surface area contributed by atoms with Crippen molar-refractivity contribution in [2.45, 2.75) is 45.1 Å². The highest BCUT2D eigenvalue weighted by Gasteiger charge is 2.10. The van der Waals surface area contributed by atoms with Gasteiger partial charge in [-0.25, -0.2) is 0 Å². The molecule has 0 amide bonds. The molecule has 1 nitrogen and oxygen atoms in total. The summed E-state index contributed by atoms with van der Waals surface area (Å²) in [6, 6.07) is 16.6. The molecule has 110 valence electrons. The van der Waals surface area contributed by atoms with Crippen LogP contribution in [0.4, 0.5) is 0 Å². The first kappa shape index (κ1) is 14.3. The maximum absolute atomic E-state index is 3.29. The summed E-state index contributed by atoms with van der Waals surface area (Å²) in [7, 11) is 2.02. The summed E-state index contributed by atoms with van der Waals surface area (Å²) in [6.07, 6.45) is 6.29. The summed E-state index contributed by atoms with van der Waals surface area (Å²) < 4.78 is 0. The van der Waals surface area contributed by atoms with E-state index in [1.807, 2.05) is 7.05 Å². The Labute approximate surface area is 128 Å². The lowest BCUT2D eigenvalue weighted by Crippen LogP contribution is -2.23. The Balaban J connectivity index is 1.80. The molecular weight excluding hydrogens is 254 g/mol. The molecule has 21 heavy (non-hydrogen) atoms. The predicted molar refractivity (Wildman–Crippen MR) is 90.7 cm³/mol. The van der Waals surface area contributed by atoms with Gasteiger partial charge in [-0.3, -0.25) is 0 Å². The molecule has 1 aliphatic carbocycles. The van der Waals surface area contributed by atoms with E-state index < -0.39 is 0 Å². The minimum absolute atomic E-state index is 0.527. The van der Waals surface area contributed by atoms with Crippen LogP contribution in [0, 0.1) is 0 Å². The van der Waals surface area contributed by atoms with Crippen molar-refractivity contribution in [1.29, 1.82) is 0 Å². The van der Waals surface area contributed by atoms with Crippen LogP contribution in [0.15, 0.2) is 42.5 Å². The molecule has 3 rings (SSSR count). The molecule has 2 aromatic carbocycles. The summed E-state index contributed by atoms with van der Waals surface area (Å²) in [4.78, 5) is 0. The van der Waals surface area contributed by atoms with Gasteiger partial charge in [0.2, 0.25) is 0 Å². The molecule has 0 aromatic heterocycles. The number of hydrogen-bond acceptors (Lipinski definition) is 1. The lowest BCUT2D eigenvalue weighted by molar-refractivity contribution is 0.608. The summed E-state index contributed by atoms with van der Waals surface area (Å²) in [5, 5.41) is 3.29. The Morgan fingerprint density at radius 3 is 2.29 bits per heavy atom. The van der Waals surface area contributed by atoms with E-state index in [1.54, 1.807) is 11.1 Å². The molecule has 1 heteroatoms. The first-order valence-corrected chi connectivity index (χ1v) is 8.14. The fraction of sp³-hybridized carbons (Fsp3) is 0.400. The topological polar surface area (TPSA) is 12.0 Å². The molecule has 1 aliphatic rings. The maximum Gasteiger partial charge on any atom is 0.00761 e. The minimum atomic E-state index is 0.527. The largest absolute Gasteiger partial charge is 0.317 e. The Morgan fingerprint density at radius 1 is 0.905 bits per heavy atom. The number of hydrogen-bond donors (Lipinski definition) is 1. The second-order valence-electron chi connectivity index (χ2n) is 6.28. The van der Waals surface area contributed by atoms with Crippen molar-refractivity contribution in [2.75, 3.05) is 7.05 Å². The van der Waals surface area contributed by atoms with Gasteiger partial charge in [0, 0.05) is 6.04 Å². The van der Waals surface area contributed by atoms with E-state index in [4.69, 9.17) is 0 Å². The Kier molecular flexibility index (Phi) is 4.40. The van der Waals surface area contributed by atoms with Crippen molar-refractivity contribution in [1.82, 2.24) is 5.32 Å². The lowest BCUT2D eigenvalue weighted by Gasteiger charge is -2.17. The van der Waals surface area contributed by atoms with Crippen molar-refractivity contribution in [3.63, 3.8) is 0 Å². The van der Waals surface area contributed by atoms with Crippen LogP contribution in [0.5, 0.6) is 0 Å². The van der Waals surface area contributed by atoms with Crippen LogP contribution in [-0.2, 0) is 19.3 Å². The van der Waals surface area contributed by atoms with Crippen molar-refractivity contribution in [3.05, 3.63) is 59.2 Å². The molecule has 0 aliphatic heterocycles. The zero-order valence-corrected chi connectivity index (χ0v) is 13.2. The number of benzene rings is 2. The fourth-order valence-corrected chi connectivity index (χ4v) is 3.20. The van der Waals surface area contributed by atoms with Crippen LogP contribution in [0.25, 0.3) is 11.1 Å². The highest BCUT2D eigenvalue weighted by atomic mass is 14.8. The molecule has 0 saturated heterocycles. The van der Waals surface area contributed by atoms with Gasteiger partial charge in [0.15, 0.2) is 0 Å². The zero-order valence-electron chi connectivity index (χ0n) is 13.2. The van der Waals surface area contributed by atoms with Crippen LogP contribution in [0.2, 0.25) is 0 Å². The van der Waals surface area contributed by atoms with Crippen molar-refractivity contribution < 1.29 is 0 Å². The van der Waals surface area contributed by atoms with Crippen LogP contribution in [0.1, 0.15) is 36.5 Å². The van der Waals surface area contributed by atoms with Crippen molar-refractivity contribution >= 4 is 0 Å². The van der Waals surface area contributed by atoms with Gasteiger partial charge in [0.25, 0.3) is 0 Å². The quantitative estimate of drug-likeness (QED) is 0.875. The van der Waals surface area contributed by atoms with Crippen LogP contribution in [-0.4, -0.2) is 13.1 Å². The third-order valence-corrected chi connectivity index (χ3v) is 4.67. The number of rotatable bonds is 4. The second-order valence-corrected chi connectivity index (χ2v) is 6.28. The molecule has 0 spiro atoms. The van der Waals surface area contributed by atoms with E-state index >= 15 is 0 Å². The molecule has 0 fully saturated rings. The van der Waals surface area contributed by atoms with Crippen molar-refractivity contribution in [3.8, 4) is 11.1 Å². The first-order valence-electron chi connectivity index (χ1n) is 8.14. The molecule has 1 unspecified atom stereocenters. The molecule has 2 aromatic rings. The second kappa shape index (κ2) is 6.44. The number of fused-ring (bicyclic) bond motifs is 1. The molecule has 0 saturated carbocycles. The van der Waals surface area contributed by atoms with Crippen molar-refractivity contribution in [2.24, 2.45) is 0 Å². The number of aryl methyl sites for hydroxylation is 2. The van der Waals surface area contributed by atoms with Gasteiger partial charge >= 0.3 is 0 Å². The Morgan fingerprint density at radius 2 is 1.57 bits per heavy atom. The Bertz CT molecular complexity index is 598. The third-order valence-electron chi connectivity index (χ3n) is 4.67. The third kappa shape index (κ3) is 3.36. The number of nitrogens with one attached hydrogen (secondary N) is 1. The molecule has 1 N–H and O–H groups in total. The van der Waals surface area contributed by atoms with E-state index in [0.717, 1.165) is 6.42 Å². The molecule has 0 bridgehead atoms. The predicted octanol–water partition coefficient (Wildman–Crippen LogP) is 4.38. The lowest BCUT2D eigenvalue weighted by atomic mass is 9.89. The highest BCUT2D eigenvalue weighted by Crippen LogP contribution is 2.27. The van der Waals surface area contributed by atoms with E-state index in [0.29, 0.717) is 6.04 Å². The average molecular weight is 279 g/mol. The van der Waals surface area contributed by atoms with Crippen LogP contribution >= 0.6 is 0 Å². The Hall–Kier alpha value is -1.60. The van der Waals surface area contributed by atoms with Gasteiger partial charge in [-0.2, -0.15) is 0 Å². The van der Waals surface area contributed by atoms with E-state index in [2.05, 4.69) is 54.7 Å². The maximum atomic E-state index is 3.29. The average Bonchev–Trinajstić information content (AvgIpc) is 2.55. The summed E-state index contributed by atoms with van der Waals surface area (Å²) in [6.45, 7) is 2.22.